The fourth-order valence-corrected chi connectivity index (χ4v) is 3.42. The molecule has 7 heteroatoms. The van der Waals surface area contributed by atoms with Crippen LogP contribution >= 0.6 is 12.4 Å². The number of rotatable bonds is 4. The Morgan fingerprint density at radius 1 is 0.917 bits per heavy atom. The van der Waals surface area contributed by atoms with Crippen molar-refractivity contribution in [3.05, 3.63) is 35.9 Å². The molecule has 0 bridgehead atoms. The van der Waals surface area contributed by atoms with E-state index in [0.717, 1.165) is 25.9 Å². The highest BCUT2D eigenvalue weighted by atomic mass is 35.5. The lowest BCUT2D eigenvalue weighted by molar-refractivity contribution is -0.139. The molecule has 0 aliphatic carbocycles. The number of hydrogen-bond acceptors (Lipinski definition) is 4. The third-order valence-corrected chi connectivity index (χ3v) is 4.75. The van der Waals surface area contributed by atoms with Gasteiger partial charge >= 0.3 is 6.03 Å². The first kappa shape index (κ1) is 18.4. The summed E-state index contributed by atoms with van der Waals surface area (Å²) in [6.07, 6.45) is 3.89. The Morgan fingerprint density at radius 2 is 1.50 bits per heavy atom. The maximum absolute atomic E-state index is 12.6. The minimum Gasteiger partial charge on any atom is -0.303 e. The molecule has 3 rings (SSSR count). The number of halogens is 1. The largest absolute Gasteiger partial charge is 0.328 e. The maximum Gasteiger partial charge on any atom is 0.328 e. The van der Waals surface area contributed by atoms with Crippen molar-refractivity contribution in [3.8, 4) is 0 Å². The van der Waals surface area contributed by atoms with Crippen LogP contribution < -0.4 is 10.6 Å². The van der Waals surface area contributed by atoms with Gasteiger partial charge in [0, 0.05) is 0 Å². The molecular weight excluding hydrogens is 330 g/mol. The van der Waals surface area contributed by atoms with Crippen molar-refractivity contribution in [1.29, 1.82) is 0 Å². The SMILES string of the molecule is Cl.O=C1NC(=O)C(CCN2CCCCC2)(c2ccccc2)C(=O)N1. The molecule has 0 radical (unpaired) electrons. The quantitative estimate of drug-likeness (QED) is 0.807. The fraction of sp³-hybridized carbons (Fsp3) is 0.471. The van der Waals surface area contributed by atoms with E-state index >= 15 is 0 Å². The molecule has 0 aromatic heterocycles. The van der Waals surface area contributed by atoms with Gasteiger partial charge in [0.15, 0.2) is 5.41 Å². The molecule has 2 N–H and O–H groups in total. The Hall–Kier alpha value is -1.92. The third kappa shape index (κ3) is 3.44. The third-order valence-electron chi connectivity index (χ3n) is 4.75. The van der Waals surface area contributed by atoms with Gasteiger partial charge in [-0.2, -0.15) is 0 Å². The van der Waals surface area contributed by atoms with E-state index in [9.17, 15) is 14.4 Å². The van der Waals surface area contributed by atoms with Crippen molar-refractivity contribution in [2.24, 2.45) is 0 Å². The van der Waals surface area contributed by atoms with E-state index in [0.29, 0.717) is 18.5 Å². The number of nitrogens with zero attached hydrogens (tertiary/aromatic N) is 1. The summed E-state index contributed by atoms with van der Waals surface area (Å²) in [6.45, 7) is 2.64. The van der Waals surface area contributed by atoms with Crippen molar-refractivity contribution >= 4 is 30.3 Å². The van der Waals surface area contributed by atoms with E-state index in [1.54, 1.807) is 24.3 Å². The number of carbonyl (C=O) groups excluding carboxylic acids is 3. The van der Waals surface area contributed by atoms with Gasteiger partial charge in [-0.25, -0.2) is 4.79 Å². The molecule has 0 saturated carbocycles. The number of likely N-dealkylation sites (tertiary alicyclic amines) is 1. The van der Waals surface area contributed by atoms with E-state index in [1.165, 1.54) is 6.42 Å². The Kier molecular flexibility index (Phi) is 5.96. The van der Waals surface area contributed by atoms with Gasteiger partial charge in [0.05, 0.1) is 0 Å². The van der Waals surface area contributed by atoms with Crippen molar-refractivity contribution in [3.63, 3.8) is 0 Å². The molecule has 1 aromatic carbocycles. The number of benzene rings is 1. The van der Waals surface area contributed by atoms with Crippen molar-refractivity contribution in [1.82, 2.24) is 15.5 Å². The first-order chi connectivity index (χ1) is 11.1. The average molecular weight is 352 g/mol. The molecule has 1 aromatic rings. The fourth-order valence-electron chi connectivity index (χ4n) is 3.42. The van der Waals surface area contributed by atoms with Crippen LogP contribution in [0.2, 0.25) is 0 Å². The van der Waals surface area contributed by atoms with Gasteiger partial charge in [0.1, 0.15) is 0 Å². The van der Waals surface area contributed by atoms with Gasteiger partial charge in [0.2, 0.25) is 11.8 Å². The van der Waals surface area contributed by atoms with E-state index < -0.39 is 23.3 Å². The van der Waals surface area contributed by atoms with Crippen molar-refractivity contribution in [2.45, 2.75) is 31.1 Å². The monoisotopic (exact) mass is 351 g/mol. The zero-order valence-electron chi connectivity index (χ0n) is 13.4. The summed E-state index contributed by atoms with van der Waals surface area (Å²) in [6, 6.07) is 8.23. The van der Waals surface area contributed by atoms with Gasteiger partial charge in [-0.1, -0.05) is 36.8 Å². The molecule has 2 aliphatic rings. The molecule has 2 aliphatic heterocycles. The van der Waals surface area contributed by atoms with Crippen LogP contribution in [0.5, 0.6) is 0 Å². The standard InChI is InChI=1S/C17H21N3O3.ClH/c21-14-17(13-7-3-1-4-8-13,15(22)19-16(23)18-14)9-12-20-10-5-2-6-11-20;/h1,3-4,7-8H,2,5-6,9-12H2,(H2,18,19,21,22,23);1H. The van der Waals surface area contributed by atoms with Crippen LogP contribution in [0.4, 0.5) is 4.79 Å². The first-order valence-corrected chi connectivity index (χ1v) is 8.08. The summed E-state index contributed by atoms with van der Waals surface area (Å²) in [5, 5.41) is 4.52. The summed E-state index contributed by atoms with van der Waals surface area (Å²) in [7, 11) is 0. The number of imide groups is 2. The highest BCUT2D eigenvalue weighted by Gasteiger charge is 2.51. The molecular formula is C17H22ClN3O3. The Bertz CT molecular complexity index is 595. The van der Waals surface area contributed by atoms with Gasteiger partial charge in [-0.3, -0.25) is 20.2 Å². The van der Waals surface area contributed by atoms with E-state index in [-0.39, 0.29) is 12.4 Å². The number of hydrogen-bond donors (Lipinski definition) is 2. The second-order valence-electron chi connectivity index (χ2n) is 6.16. The van der Waals surface area contributed by atoms with Crippen LogP contribution in [0.1, 0.15) is 31.2 Å². The Balaban J connectivity index is 0.00000208. The summed E-state index contributed by atoms with van der Waals surface area (Å²) in [5.74, 6) is -1.07. The molecule has 0 atom stereocenters. The lowest BCUT2D eigenvalue weighted by Crippen LogP contribution is -2.65. The number of nitrogens with one attached hydrogen (secondary N) is 2. The lowest BCUT2D eigenvalue weighted by Gasteiger charge is -2.36. The summed E-state index contributed by atoms with van der Waals surface area (Å²) >= 11 is 0. The van der Waals surface area contributed by atoms with Gasteiger partial charge in [0.25, 0.3) is 0 Å². The van der Waals surface area contributed by atoms with Crippen molar-refractivity contribution in [2.75, 3.05) is 19.6 Å². The Morgan fingerprint density at radius 3 is 2.08 bits per heavy atom. The lowest BCUT2D eigenvalue weighted by atomic mass is 9.74. The summed E-state index contributed by atoms with van der Waals surface area (Å²) in [4.78, 5) is 38.9. The highest BCUT2D eigenvalue weighted by molar-refractivity contribution is 6.22. The minimum atomic E-state index is -1.34. The number of barbiturate groups is 1. The predicted molar refractivity (Wildman–Crippen MR) is 92.0 cm³/mol. The smallest absolute Gasteiger partial charge is 0.303 e. The average Bonchev–Trinajstić information content (AvgIpc) is 2.56. The van der Waals surface area contributed by atoms with Gasteiger partial charge in [-0.05, 0) is 44.5 Å². The zero-order valence-corrected chi connectivity index (χ0v) is 14.2. The second-order valence-corrected chi connectivity index (χ2v) is 6.16. The molecule has 2 saturated heterocycles. The number of urea groups is 1. The first-order valence-electron chi connectivity index (χ1n) is 8.08. The van der Waals surface area contributed by atoms with Crippen LogP contribution in [0.3, 0.4) is 0 Å². The molecule has 6 nitrogen and oxygen atoms in total. The highest BCUT2D eigenvalue weighted by Crippen LogP contribution is 2.31. The summed E-state index contributed by atoms with van der Waals surface area (Å²) < 4.78 is 0. The number of carbonyl (C=O) groups is 3. The van der Waals surface area contributed by atoms with E-state index in [1.807, 2.05) is 6.07 Å². The topological polar surface area (TPSA) is 78.5 Å². The molecule has 0 spiro atoms. The van der Waals surface area contributed by atoms with E-state index in [2.05, 4.69) is 15.5 Å². The van der Waals surface area contributed by atoms with Crippen LogP contribution in [0.15, 0.2) is 30.3 Å². The molecule has 0 unspecified atom stereocenters. The van der Waals surface area contributed by atoms with Crippen LogP contribution in [-0.4, -0.2) is 42.4 Å². The predicted octanol–water partition coefficient (Wildman–Crippen LogP) is 1.59. The number of piperidine rings is 1. The normalized spacial score (nSPS) is 20.8. The molecule has 2 heterocycles. The molecule has 2 fully saturated rings. The van der Waals surface area contributed by atoms with E-state index in [4.69, 9.17) is 0 Å². The second kappa shape index (κ2) is 7.77. The molecule has 24 heavy (non-hydrogen) atoms. The minimum absolute atomic E-state index is 0. The molecule has 4 amide bonds. The van der Waals surface area contributed by atoms with Crippen LogP contribution in [0, 0.1) is 0 Å². The van der Waals surface area contributed by atoms with Crippen LogP contribution in [0.25, 0.3) is 0 Å². The summed E-state index contributed by atoms with van der Waals surface area (Å²) in [5.41, 5.74) is -0.716. The van der Waals surface area contributed by atoms with Gasteiger partial charge in [-0.15, -0.1) is 12.4 Å². The van der Waals surface area contributed by atoms with Crippen LogP contribution in [-0.2, 0) is 15.0 Å². The number of amides is 4. The van der Waals surface area contributed by atoms with Gasteiger partial charge < -0.3 is 4.90 Å². The Labute approximate surface area is 147 Å². The maximum atomic E-state index is 12.6. The van der Waals surface area contributed by atoms with Crippen molar-refractivity contribution < 1.29 is 14.4 Å². The molecule has 130 valence electrons. The zero-order chi connectivity index (χ0) is 16.3.